The Balaban J connectivity index is 1.61. The molecule has 6 heteroatoms. The molecule has 0 radical (unpaired) electrons. The molecule has 23 heavy (non-hydrogen) atoms. The lowest BCUT2D eigenvalue weighted by molar-refractivity contribution is 0.235. The molecule has 3 rings (SSSR count). The van der Waals surface area contributed by atoms with Gasteiger partial charge in [-0.05, 0) is 18.4 Å². The fourth-order valence-electron chi connectivity index (χ4n) is 2.64. The number of aryl methyl sites for hydroxylation is 1. The first-order valence-electron chi connectivity index (χ1n) is 7.69. The Bertz CT molecular complexity index is 810. The van der Waals surface area contributed by atoms with Gasteiger partial charge in [-0.1, -0.05) is 30.3 Å². The second-order valence-electron chi connectivity index (χ2n) is 5.55. The minimum Gasteiger partial charge on any atom is -0.395 e. The molecule has 1 aromatic carbocycles. The van der Waals surface area contributed by atoms with Crippen LogP contribution < -0.4 is 10.9 Å². The molecule has 4 N–H and O–H groups in total. The summed E-state index contributed by atoms with van der Waals surface area (Å²) >= 11 is 0. The number of rotatable bonds is 7. The van der Waals surface area contributed by atoms with Gasteiger partial charge in [0.25, 0.3) is 5.56 Å². The second-order valence-corrected chi connectivity index (χ2v) is 5.55. The summed E-state index contributed by atoms with van der Waals surface area (Å²) in [5.41, 5.74) is 3.15. The summed E-state index contributed by atoms with van der Waals surface area (Å²) < 4.78 is 0. The fourth-order valence-corrected chi connectivity index (χ4v) is 2.64. The van der Waals surface area contributed by atoms with Gasteiger partial charge in [0, 0.05) is 24.3 Å². The average Bonchev–Trinajstić information content (AvgIpc) is 3.01. The van der Waals surface area contributed by atoms with Crippen molar-refractivity contribution in [1.29, 1.82) is 0 Å². The number of hydrogen-bond donors (Lipinski definition) is 4. The molecule has 0 saturated carbocycles. The first kappa shape index (κ1) is 15.5. The van der Waals surface area contributed by atoms with Gasteiger partial charge >= 0.3 is 0 Å². The average molecular weight is 312 g/mol. The summed E-state index contributed by atoms with van der Waals surface area (Å²) in [6.45, 7) is 0.625. The molecule has 0 aliphatic heterocycles. The van der Waals surface area contributed by atoms with Crippen molar-refractivity contribution in [1.82, 2.24) is 20.3 Å². The van der Waals surface area contributed by atoms with Crippen LogP contribution in [0.15, 0.2) is 47.7 Å². The molecular weight excluding hydrogens is 292 g/mol. The predicted octanol–water partition coefficient (Wildman–Crippen LogP) is 1.33. The predicted molar refractivity (Wildman–Crippen MR) is 89.2 cm³/mol. The highest BCUT2D eigenvalue weighted by molar-refractivity contribution is 5.77. The number of aromatic amines is 2. The highest BCUT2D eigenvalue weighted by atomic mass is 16.3. The fraction of sp³-hybridized carbons (Fsp3) is 0.294. The number of H-pyrrole nitrogens is 2. The number of nitrogens with one attached hydrogen (secondary N) is 3. The second kappa shape index (κ2) is 7.21. The van der Waals surface area contributed by atoms with E-state index in [1.165, 1.54) is 11.9 Å². The molecule has 2 heterocycles. The quantitative estimate of drug-likeness (QED) is 0.529. The maximum atomic E-state index is 11.7. The minimum atomic E-state index is -0.177. The van der Waals surface area contributed by atoms with Crippen LogP contribution in [0.25, 0.3) is 11.0 Å². The maximum Gasteiger partial charge on any atom is 0.275 e. The monoisotopic (exact) mass is 312 g/mol. The smallest absolute Gasteiger partial charge is 0.275 e. The van der Waals surface area contributed by atoms with Crippen molar-refractivity contribution in [3.8, 4) is 0 Å². The summed E-state index contributed by atoms with van der Waals surface area (Å²) in [5, 5.41) is 12.9. The van der Waals surface area contributed by atoms with E-state index in [0.29, 0.717) is 17.6 Å². The number of fused-ring (bicyclic) bond motifs is 1. The van der Waals surface area contributed by atoms with Gasteiger partial charge in [-0.2, -0.15) is 0 Å². The lowest BCUT2D eigenvalue weighted by Gasteiger charge is -2.16. The summed E-state index contributed by atoms with van der Waals surface area (Å²) in [4.78, 5) is 21.4. The number of aromatic nitrogens is 3. The van der Waals surface area contributed by atoms with Crippen LogP contribution in [0.4, 0.5) is 0 Å². The standard InChI is InChI=1S/C17H20N4O2/c22-10-14(7-6-12-4-2-1-3-5-12)18-8-13-9-19-16-15(13)20-11-21-17(16)23/h1-5,9,11,14,18-19,22H,6-8,10H2,(H,20,21,23)/t14-/m1/s1. The van der Waals surface area contributed by atoms with E-state index in [2.05, 4.69) is 32.4 Å². The maximum absolute atomic E-state index is 11.7. The third kappa shape index (κ3) is 3.67. The molecule has 0 spiro atoms. The van der Waals surface area contributed by atoms with Gasteiger partial charge in [0.05, 0.1) is 18.5 Å². The van der Waals surface area contributed by atoms with E-state index in [1.807, 2.05) is 18.2 Å². The largest absolute Gasteiger partial charge is 0.395 e. The van der Waals surface area contributed by atoms with Gasteiger partial charge in [-0.25, -0.2) is 4.98 Å². The van der Waals surface area contributed by atoms with E-state index < -0.39 is 0 Å². The molecule has 0 aliphatic rings. The zero-order valence-electron chi connectivity index (χ0n) is 12.7. The molecule has 3 aromatic rings. The summed E-state index contributed by atoms with van der Waals surface area (Å²) in [5.74, 6) is 0. The van der Waals surface area contributed by atoms with Crippen molar-refractivity contribution in [2.75, 3.05) is 6.61 Å². The topological polar surface area (TPSA) is 93.8 Å². The van der Waals surface area contributed by atoms with Crippen LogP contribution in [0.2, 0.25) is 0 Å². The Morgan fingerprint density at radius 3 is 2.83 bits per heavy atom. The Hall–Kier alpha value is -2.44. The van der Waals surface area contributed by atoms with Crippen LogP contribution in [0.5, 0.6) is 0 Å². The number of aliphatic hydroxyl groups is 1. The molecule has 1 atom stereocenters. The van der Waals surface area contributed by atoms with Crippen LogP contribution in [-0.2, 0) is 13.0 Å². The molecular formula is C17H20N4O2. The van der Waals surface area contributed by atoms with Gasteiger partial charge < -0.3 is 20.4 Å². The van der Waals surface area contributed by atoms with Crippen molar-refractivity contribution < 1.29 is 5.11 Å². The molecule has 0 fully saturated rings. The zero-order chi connectivity index (χ0) is 16.1. The lowest BCUT2D eigenvalue weighted by Crippen LogP contribution is -2.32. The van der Waals surface area contributed by atoms with E-state index in [1.54, 1.807) is 6.20 Å². The molecule has 2 aromatic heterocycles. The number of benzene rings is 1. The molecule has 120 valence electrons. The van der Waals surface area contributed by atoms with Crippen LogP contribution in [0, 0.1) is 0 Å². The summed E-state index contributed by atoms with van der Waals surface area (Å²) in [6, 6.07) is 10.2. The molecule has 0 amide bonds. The first-order valence-corrected chi connectivity index (χ1v) is 7.69. The lowest BCUT2D eigenvalue weighted by atomic mass is 10.1. The van der Waals surface area contributed by atoms with Crippen LogP contribution >= 0.6 is 0 Å². The van der Waals surface area contributed by atoms with Crippen molar-refractivity contribution in [2.24, 2.45) is 0 Å². The highest BCUT2D eigenvalue weighted by Gasteiger charge is 2.11. The first-order chi connectivity index (χ1) is 11.3. The number of nitrogens with zero attached hydrogens (tertiary/aromatic N) is 1. The molecule has 6 nitrogen and oxygen atoms in total. The van der Waals surface area contributed by atoms with Gasteiger partial charge in [0.1, 0.15) is 5.52 Å². The minimum absolute atomic E-state index is 0.00199. The van der Waals surface area contributed by atoms with Gasteiger partial charge in [0.15, 0.2) is 0 Å². The van der Waals surface area contributed by atoms with Crippen molar-refractivity contribution in [2.45, 2.75) is 25.4 Å². The highest BCUT2D eigenvalue weighted by Crippen LogP contribution is 2.12. The third-order valence-electron chi connectivity index (χ3n) is 3.97. The molecule has 0 aliphatic carbocycles. The normalized spacial score (nSPS) is 12.6. The van der Waals surface area contributed by atoms with Gasteiger partial charge in [-0.3, -0.25) is 4.79 Å². The van der Waals surface area contributed by atoms with Crippen molar-refractivity contribution in [3.63, 3.8) is 0 Å². The SMILES string of the molecule is O=c1[nH]cnc2c(CN[C@@H](CO)CCc3ccccc3)c[nH]c12. The Kier molecular flexibility index (Phi) is 4.85. The Labute approximate surface area is 133 Å². The van der Waals surface area contributed by atoms with Gasteiger partial charge in [0.2, 0.25) is 0 Å². The summed E-state index contributed by atoms with van der Waals surface area (Å²) in [7, 11) is 0. The van der Waals surface area contributed by atoms with E-state index in [9.17, 15) is 9.90 Å². The summed E-state index contributed by atoms with van der Waals surface area (Å²) in [6.07, 6.45) is 4.94. The number of hydrogen-bond acceptors (Lipinski definition) is 4. The van der Waals surface area contributed by atoms with Crippen LogP contribution in [-0.4, -0.2) is 32.7 Å². The molecule has 0 bridgehead atoms. The van der Waals surface area contributed by atoms with Gasteiger partial charge in [-0.15, -0.1) is 0 Å². The van der Waals surface area contributed by atoms with E-state index in [4.69, 9.17) is 0 Å². The zero-order valence-corrected chi connectivity index (χ0v) is 12.7. The molecule has 0 saturated heterocycles. The van der Waals surface area contributed by atoms with E-state index in [0.717, 1.165) is 18.4 Å². The van der Waals surface area contributed by atoms with Crippen LogP contribution in [0.3, 0.4) is 0 Å². The Morgan fingerprint density at radius 2 is 2.04 bits per heavy atom. The van der Waals surface area contributed by atoms with Crippen molar-refractivity contribution in [3.05, 3.63) is 64.3 Å². The van der Waals surface area contributed by atoms with E-state index in [-0.39, 0.29) is 18.2 Å². The molecule has 0 unspecified atom stereocenters. The van der Waals surface area contributed by atoms with Crippen molar-refractivity contribution >= 4 is 11.0 Å². The Morgan fingerprint density at radius 1 is 1.22 bits per heavy atom. The van der Waals surface area contributed by atoms with Crippen LogP contribution in [0.1, 0.15) is 17.5 Å². The van der Waals surface area contributed by atoms with E-state index >= 15 is 0 Å². The number of aliphatic hydroxyl groups excluding tert-OH is 1. The third-order valence-corrected chi connectivity index (χ3v) is 3.97.